The van der Waals surface area contributed by atoms with Crippen LogP contribution in [0.2, 0.25) is 0 Å². The third kappa shape index (κ3) is 2.17. The van der Waals surface area contributed by atoms with Crippen molar-refractivity contribution >= 4 is 11.8 Å². The van der Waals surface area contributed by atoms with Crippen molar-refractivity contribution in [1.82, 2.24) is 15.0 Å². The highest BCUT2D eigenvalue weighted by molar-refractivity contribution is 5.78. The molecule has 134 valence electrons. The van der Waals surface area contributed by atoms with Gasteiger partial charge in [-0.25, -0.2) is 9.97 Å². The third-order valence-corrected chi connectivity index (χ3v) is 6.46. The van der Waals surface area contributed by atoms with Crippen LogP contribution >= 0.6 is 0 Å². The second-order valence-corrected chi connectivity index (χ2v) is 7.70. The summed E-state index contributed by atoms with van der Waals surface area (Å²) in [4.78, 5) is 28.2. The summed E-state index contributed by atoms with van der Waals surface area (Å²) < 4.78 is 0. The molecule has 2 aromatic heterocycles. The Morgan fingerprint density at radius 1 is 1.15 bits per heavy atom. The number of nitrogens with zero attached hydrogens (tertiary/aromatic N) is 4. The lowest BCUT2D eigenvalue weighted by atomic mass is 9.82. The first-order valence-electron chi connectivity index (χ1n) is 9.49. The highest BCUT2D eigenvalue weighted by atomic mass is 16.4. The van der Waals surface area contributed by atoms with Crippen molar-refractivity contribution in [3.05, 3.63) is 35.8 Å². The molecule has 2 atom stereocenters. The van der Waals surface area contributed by atoms with Gasteiger partial charge in [0.1, 0.15) is 5.82 Å². The number of aryl methyl sites for hydroxylation is 1. The lowest BCUT2D eigenvalue weighted by molar-refractivity contribution is -0.148. The van der Waals surface area contributed by atoms with Crippen molar-refractivity contribution in [3.63, 3.8) is 0 Å². The van der Waals surface area contributed by atoms with E-state index in [0.717, 1.165) is 74.4 Å². The minimum atomic E-state index is -0.637. The van der Waals surface area contributed by atoms with E-state index in [9.17, 15) is 9.90 Å². The number of rotatable bonds is 3. The number of carbonyl (C=O) groups is 1. The molecule has 1 N–H and O–H groups in total. The van der Waals surface area contributed by atoms with Crippen LogP contribution in [-0.2, 0) is 17.6 Å². The molecule has 0 aromatic carbocycles. The second-order valence-electron chi connectivity index (χ2n) is 7.70. The van der Waals surface area contributed by atoms with Gasteiger partial charge in [-0.2, -0.15) is 0 Å². The Morgan fingerprint density at radius 3 is 2.81 bits per heavy atom. The fraction of sp³-hybridized carbons (Fsp3) is 0.500. The van der Waals surface area contributed by atoms with Crippen molar-refractivity contribution in [2.45, 2.75) is 51.0 Å². The number of aliphatic carboxylic acids is 1. The molecule has 1 aliphatic heterocycles. The van der Waals surface area contributed by atoms with Crippen molar-refractivity contribution in [1.29, 1.82) is 0 Å². The Bertz CT molecular complexity index is 870. The van der Waals surface area contributed by atoms with Gasteiger partial charge in [-0.05, 0) is 50.7 Å². The zero-order chi connectivity index (χ0) is 17.7. The molecule has 26 heavy (non-hydrogen) atoms. The molecule has 1 saturated carbocycles. The average molecular weight is 350 g/mol. The Kier molecular flexibility index (Phi) is 3.48. The topological polar surface area (TPSA) is 79.2 Å². The number of aromatic nitrogens is 3. The standard InChI is InChI=1S/C20H22N4O2/c25-19(26)20-8-2-5-16(20)24(12-9-20)18-14-3-1-4-15(14)22-17(23-18)13-6-10-21-11-7-13/h6-7,10-11,16H,1-5,8-9,12H2,(H,25,26)/t16-,20+/m1/s1. The van der Waals surface area contributed by atoms with Gasteiger partial charge in [-0.15, -0.1) is 0 Å². The van der Waals surface area contributed by atoms with E-state index in [1.807, 2.05) is 12.1 Å². The first kappa shape index (κ1) is 15.7. The van der Waals surface area contributed by atoms with E-state index < -0.39 is 11.4 Å². The van der Waals surface area contributed by atoms with Gasteiger partial charge in [0.2, 0.25) is 0 Å². The van der Waals surface area contributed by atoms with Gasteiger partial charge in [-0.3, -0.25) is 9.78 Å². The number of hydrogen-bond donors (Lipinski definition) is 1. The summed E-state index contributed by atoms with van der Waals surface area (Å²) in [6, 6.07) is 3.92. The molecular weight excluding hydrogens is 328 g/mol. The molecule has 2 aliphatic carbocycles. The van der Waals surface area contributed by atoms with Crippen LogP contribution in [0.1, 0.15) is 43.4 Å². The Labute approximate surface area is 152 Å². The zero-order valence-electron chi connectivity index (χ0n) is 14.7. The van der Waals surface area contributed by atoms with Crippen LogP contribution in [-0.4, -0.2) is 38.6 Å². The quantitative estimate of drug-likeness (QED) is 0.917. The van der Waals surface area contributed by atoms with Crippen LogP contribution in [0.5, 0.6) is 0 Å². The first-order valence-corrected chi connectivity index (χ1v) is 9.49. The molecule has 0 amide bonds. The maximum Gasteiger partial charge on any atom is 0.311 e. The molecule has 0 spiro atoms. The Morgan fingerprint density at radius 2 is 2.00 bits per heavy atom. The van der Waals surface area contributed by atoms with Crippen LogP contribution in [0.4, 0.5) is 5.82 Å². The molecule has 2 aromatic rings. The molecule has 0 radical (unpaired) electrons. The fourth-order valence-electron chi connectivity index (χ4n) is 5.17. The largest absolute Gasteiger partial charge is 0.481 e. The van der Waals surface area contributed by atoms with Gasteiger partial charge in [0.05, 0.1) is 5.41 Å². The maximum absolute atomic E-state index is 12.0. The van der Waals surface area contributed by atoms with E-state index >= 15 is 0 Å². The van der Waals surface area contributed by atoms with E-state index in [4.69, 9.17) is 9.97 Å². The third-order valence-electron chi connectivity index (χ3n) is 6.46. The number of pyridine rings is 1. The van der Waals surface area contributed by atoms with Crippen LogP contribution in [0.15, 0.2) is 24.5 Å². The summed E-state index contributed by atoms with van der Waals surface area (Å²) >= 11 is 0. The van der Waals surface area contributed by atoms with Gasteiger partial charge in [0.15, 0.2) is 5.82 Å². The molecule has 5 rings (SSSR count). The van der Waals surface area contributed by atoms with Crippen LogP contribution in [0.25, 0.3) is 11.4 Å². The van der Waals surface area contributed by atoms with E-state index in [1.165, 1.54) is 5.56 Å². The summed E-state index contributed by atoms with van der Waals surface area (Å²) in [6.07, 6.45) is 10.0. The fourth-order valence-corrected chi connectivity index (χ4v) is 5.17. The van der Waals surface area contributed by atoms with Crippen LogP contribution in [0, 0.1) is 5.41 Å². The van der Waals surface area contributed by atoms with Crippen molar-refractivity contribution in [2.75, 3.05) is 11.4 Å². The number of fused-ring (bicyclic) bond motifs is 2. The lowest BCUT2D eigenvalue weighted by Gasteiger charge is -2.31. The molecule has 1 saturated heterocycles. The molecule has 0 unspecified atom stereocenters. The number of hydrogen-bond acceptors (Lipinski definition) is 5. The van der Waals surface area contributed by atoms with Crippen LogP contribution < -0.4 is 4.90 Å². The molecule has 6 heteroatoms. The van der Waals surface area contributed by atoms with Crippen LogP contribution in [0.3, 0.4) is 0 Å². The number of anilines is 1. The van der Waals surface area contributed by atoms with Gasteiger partial charge in [0.25, 0.3) is 0 Å². The molecule has 6 nitrogen and oxygen atoms in total. The Hall–Kier alpha value is -2.50. The summed E-state index contributed by atoms with van der Waals surface area (Å²) in [5, 5.41) is 9.90. The minimum Gasteiger partial charge on any atom is -0.481 e. The smallest absolute Gasteiger partial charge is 0.311 e. The second kappa shape index (κ2) is 5.76. The first-order chi connectivity index (χ1) is 12.7. The summed E-state index contributed by atoms with van der Waals surface area (Å²) in [7, 11) is 0. The van der Waals surface area contributed by atoms with Crippen molar-refractivity contribution in [2.24, 2.45) is 5.41 Å². The molecule has 3 heterocycles. The van der Waals surface area contributed by atoms with E-state index in [0.29, 0.717) is 0 Å². The summed E-state index contributed by atoms with van der Waals surface area (Å²) in [5.41, 5.74) is 2.74. The van der Waals surface area contributed by atoms with E-state index in [-0.39, 0.29) is 6.04 Å². The minimum absolute atomic E-state index is 0.0601. The number of carboxylic acids is 1. The zero-order valence-corrected chi connectivity index (χ0v) is 14.7. The Balaban J connectivity index is 1.61. The summed E-state index contributed by atoms with van der Waals surface area (Å²) in [5.74, 6) is 1.07. The molecule has 3 aliphatic rings. The molecule has 2 fully saturated rings. The van der Waals surface area contributed by atoms with Crippen molar-refractivity contribution < 1.29 is 9.90 Å². The summed E-state index contributed by atoms with van der Waals surface area (Å²) in [6.45, 7) is 0.774. The van der Waals surface area contributed by atoms with E-state index in [2.05, 4.69) is 9.88 Å². The van der Waals surface area contributed by atoms with E-state index in [1.54, 1.807) is 12.4 Å². The van der Waals surface area contributed by atoms with Gasteiger partial charge >= 0.3 is 5.97 Å². The van der Waals surface area contributed by atoms with Gasteiger partial charge < -0.3 is 10.0 Å². The lowest BCUT2D eigenvalue weighted by Crippen LogP contribution is -2.41. The van der Waals surface area contributed by atoms with Crippen molar-refractivity contribution in [3.8, 4) is 11.4 Å². The number of carboxylic acid groups (broad SMARTS) is 1. The highest BCUT2D eigenvalue weighted by Crippen LogP contribution is 2.51. The molecule has 0 bridgehead atoms. The highest BCUT2D eigenvalue weighted by Gasteiger charge is 2.56. The average Bonchev–Trinajstić information content (AvgIpc) is 3.36. The normalized spacial score (nSPS) is 26.8. The SMILES string of the molecule is O=C(O)[C@]12CCC[C@H]1N(c1nc(-c3ccncc3)nc3c1CCC3)CC2. The van der Waals surface area contributed by atoms with Gasteiger partial charge in [0, 0.05) is 41.8 Å². The molecular formula is C20H22N4O2. The predicted molar refractivity (Wildman–Crippen MR) is 97.0 cm³/mol. The van der Waals surface area contributed by atoms with Gasteiger partial charge in [-0.1, -0.05) is 6.42 Å². The monoisotopic (exact) mass is 350 g/mol. The maximum atomic E-state index is 12.0. The predicted octanol–water partition coefficient (Wildman–Crippen LogP) is 2.86.